The summed E-state index contributed by atoms with van der Waals surface area (Å²) in [6, 6.07) is 6.96. The summed E-state index contributed by atoms with van der Waals surface area (Å²) >= 11 is 0. The molecule has 0 unspecified atom stereocenters. The third kappa shape index (κ3) is 3.38. The van der Waals surface area contributed by atoms with Crippen molar-refractivity contribution in [1.29, 1.82) is 0 Å². The summed E-state index contributed by atoms with van der Waals surface area (Å²) < 4.78 is 10.9. The van der Waals surface area contributed by atoms with E-state index in [0.29, 0.717) is 31.0 Å². The van der Waals surface area contributed by atoms with Gasteiger partial charge in [0.15, 0.2) is 0 Å². The largest absolute Gasteiger partial charge is 0.493 e. The van der Waals surface area contributed by atoms with Crippen LogP contribution in [0.2, 0.25) is 0 Å². The fourth-order valence-corrected chi connectivity index (χ4v) is 2.82. The van der Waals surface area contributed by atoms with Gasteiger partial charge >= 0.3 is 5.63 Å². The van der Waals surface area contributed by atoms with E-state index in [-0.39, 0.29) is 11.5 Å². The quantitative estimate of drug-likeness (QED) is 0.813. The summed E-state index contributed by atoms with van der Waals surface area (Å²) in [5.74, 6) is 0.435. The summed E-state index contributed by atoms with van der Waals surface area (Å²) in [7, 11) is 0. The van der Waals surface area contributed by atoms with Crippen molar-refractivity contribution in [3.8, 4) is 5.75 Å². The van der Waals surface area contributed by atoms with Crippen molar-refractivity contribution >= 4 is 16.9 Å². The second-order valence-corrected chi connectivity index (χ2v) is 5.85. The number of piperidine rings is 1. The first-order valence-corrected chi connectivity index (χ1v) is 8.19. The normalized spacial score (nSPS) is 14.9. The van der Waals surface area contributed by atoms with Crippen molar-refractivity contribution in [1.82, 2.24) is 4.90 Å². The van der Waals surface area contributed by atoms with Crippen LogP contribution in [0.4, 0.5) is 0 Å². The van der Waals surface area contributed by atoms with Crippen LogP contribution in [0.15, 0.2) is 33.5 Å². The Morgan fingerprint density at radius 3 is 2.74 bits per heavy atom. The van der Waals surface area contributed by atoms with Crippen LogP contribution in [0.3, 0.4) is 0 Å². The van der Waals surface area contributed by atoms with Crippen LogP contribution in [-0.2, 0) is 0 Å². The molecule has 23 heavy (non-hydrogen) atoms. The average molecular weight is 315 g/mol. The molecule has 0 bridgehead atoms. The minimum Gasteiger partial charge on any atom is -0.493 e. The molecule has 0 saturated carbocycles. The maximum absolute atomic E-state index is 12.5. The lowest BCUT2D eigenvalue weighted by molar-refractivity contribution is 0.0720. The second kappa shape index (κ2) is 6.86. The molecule has 3 rings (SSSR count). The first-order valence-electron chi connectivity index (χ1n) is 8.19. The lowest BCUT2D eigenvalue weighted by Crippen LogP contribution is -2.37. The van der Waals surface area contributed by atoms with Crippen molar-refractivity contribution in [3.63, 3.8) is 0 Å². The van der Waals surface area contributed by atoms with Gasteiger partial charge in [-0.15, -0.1) is 0 Å². The highest BCUT2D eigenvalue weighted by atomic mass is 16.5. The highest BCUT2D eigenvalue weighted by Crippen LogP contribution is 2.21. The highest BCUT2D eigenvalue weighted by Gasteiger charge is 2.22. The summed E-state index contributed by atoms with van der Waals surface area (Å²) in [5, 5.41) is 0.730. The Labute approximate surface area is 134 Å². The minimum atomic E-state index is -0.583. The fourth-order valence-electron chi connectivity index (χ4n) is 2.82. The zero-order chi connectivity index (χ0) is 16.2. The van der Waals surface area contributed by atoms with E-state index in [2.05, 4.69) is 0 Å². The van der Waals surface area contributed by atoms with Gasteiger partial charge in [-0.1, -0.05) is 6.92 Å². The number of ether oxygens (including phenoxy) is 1. The van der Waals surface area contributed by atoms with Crippen LogP contribution in [0.5, 0.6) is 5.75 Å². The molecule has 2 aromatic rings. The Morgan fingerprint density at radius 2 is 2.00 bits per heavy atom. The molecule has 1 aromatic carbocycles. The van der Waals surface area contributed by atoms with E-state index in [4.69, 9.17) is 9.15 Å². The van der Waals surface area contributed by atoms with Gasteiger partial charge in [-0.2, -0.15) is 0 Å². The van der Waals surface area contributed by atoms with Gasteiger partial charge in [0.05, 0.1) is 6.61 Å². The number of hydrogen-bond acceptors (Lipinski definition) is 4. The molecule has 5 heteroatoms. The van der Waals surface area contributed by atoms with Crippen molar-refractivity contribution in [2.75, 3.05) is 19.7 Å². The van der Waals surface area contributed by atoms with Gasteiger partial charge in [0.2, 0.25) is 0 Å². The molecule has 1 saturated heterocycles. The predicted octanol–water partition coefficient (Wildman–Crippen LogP) is 3.21. The molecule has 1 amide bonds. The van der Waals surface area contributed by atoms with E-state index < -0.39 is 5.63 Å². The van der Waals surface area contributed by atoms with Crippen molar-refractivity contribution in [2.24, 2.45) is 0 Å². The van der Waals surface area contributed by atoms with Crippen LogP contribution in [-0.4, -0.2) is 30.5 Å². The Kier molecular flexibility index (Phi) is 4.65. The number of benzene rings is 1. The van der Waals surface area contributed by atoms with Crippen LogP contribution in [0, 0.1) is 0 Å². The standard InChI is InChI=1S/C18H21NO4/c1-2-10-22-14-7-6-13-11-15(18(21)23-16(13)12-14)17(20)19-8-4-3-5-9-19/h6-7,11-12H,2-5,8-10H2,1H3. The number of carbonyl (C=O) groups is 1. The molecule has 1 aliphatic heterocycles. The number of likely N-dealkylation sites (tertiary alicyclic amines) is 1. The van der Waals surface area contributed by atoms with Gasteiger partial charge in [-0.05, 0) is 43.9 Å². The van der Waals surface area contributed by atoms with Crippen molar-refractivity contribution < 1.29 is 13.9 Å². The summed E-state index contributed by atoms with van der Waals surface area (Å²) in [6.07, 6.45) is 4.02. The predicted molar refractivity (Wildman–Crippen MR) is 88.0 cm³/mol. The molecule has 122 valence electrons. The van der Waals surface area contributed by atoms with Gasteiger partial charge in [-0.3, -0.25) is 4.79 Å². The van der Waals surface area contributed by atoms with Gasteiger partial charge in [0, 0.05) is 24.5 Å². The topological polar surface area (TPSA) is 59.8 Å². The molecule has 5 nitrogen and oxygen atoms in total. The fraction of sp³-hybridized carbons (Fsp3) is 0.444. The van der Waals surface area contributed by atoms with Crippen LogP contribution in [0.25, 0.3) is 11.0 Å². The number of nitrogens with zero attached hydrogens (tertiary/aromatic N) is 1. The van der Waals surface area contributed by atoms with Gasteiger partial charge < -0.3 is 14.1 Å². The van der Waals surface area contributed by atoms with E-state index in [1.807, 2.05) is 19.1 Å². The Morgan fingerprint density at radius 1 is 1.22 bits per heavy atom. The van der Waals surface area contributed by atoms with Crippen molar-refractivity contribution in [2.45, 2.75) is 32.6 Å². The van der Waals surface area contributed by atoms with Gasteiger partial charge in [0.25, 0.3) is 5.91 Å². The third-order valence-corrected chi connectivity index (χ3v) is 4.05. The van der Waals surface area contributed by atoms with Crippen LogP contribution >= 0.6 is 0 Å². The molecule has 1 aliphatic rings. The number of hydrogen-bond donors (Lipinski definition) is 0. The summed E-state index contributed by atoms with van der Waals surface area (Å²) in [5.41, 5.74) is -0.0267. The maximum atomic E-state index is 12.5. The molecule has 1 fully saturated rings. The van der Waals surface area contributed by atoms with E-state index in [1.165, 1.54) is 0 Å². The maximum Gasteiger partial charge on any atom is 0.349 e. The smallest absolute Gasteiger partial charge is 0.349 e. The molecule has 0 atom stereocenters. The third-order valence-electron chi connectivity index (χ3n) is 4.05. The second-order valence-electron chi connectivity index (χ2n) is 5.85. The molecule has 2 heterocycles. The van der Waals surface area contributed by atoms with Crippen LogP contribution < -0.4 is 10.4 Å². The van der Waals surface area contributed by atoms with E-state index in [9.17, 15) is 9.59 Å². The molecule has 0 spiro atoms. The number of fused-ring (bicyclic) bond motifs is 1. The van der Waals surface area contributed by atoms with E-state index >= 15 is 0 Å². The van der Waals surface area contributed by atoms with Gasteiger partial charge in [-0.25, -0.2) is 4.79 Å². The monoisotopic (exact) mass is 315 g/mol. The molecule has 0 N–H and O–H groups in total. The molecule has 1 aromatic heterocycles. The first-order chi connectivity index (χ1) is 11.2. The summed E-state index contributed by atoms with van der Waals surface area (Å²) in [6.45, 7) is 4.06. The Hall–Kier alpha value is -2.30. The van der Waals surface area contributed by atoms with Crippen LogP contribution in [0.1, 0.15) is 43.0 Å². The SMILES string of the molecule is CCCOc1ccc2cc(C(=O)N3CCCCC3)c(=O)oc2c1. The number of carbonyl (C=O) groups excluding carboxylic acids is 1. The Bertz CT molecular complexity index is 759. The lowest BCUT2D eigenvalue weighted by atomic mass is 10.1. The zero-order valence-electron chi connectivity index (χ0n) is 13.3. The van der Waals surface area contributed by atoms with Gasteiger partial charge in [0.1, 0.15) is 16.9 Å². The molecular formula is C18H21NO4. The van der Waals surface area contributed by atoms with E-state index in [1.54, 1.807) is 17.0 Å². The summed E-state index contributed by atoms with van der Waals surface area (Å²) in [4.78, 5) is 26.4. The highest BCUT2D eigenvalue weighted by molar-refractivity contribution is 5.96. The average Bonchev–Trinajstić information content (AvgIpc) is 2.59. The molecule has 0 aliphatic carbocycles. The zero-order valence-corrected chi connectivity index (χ0v) is 13.3. The van der Waals surface area contributed by atoms with Crippen molar-refractivity contribution in [3.05, 3.63) is 40.2 Å². The van der Waals surface area contributed by atoms with E-state index in [0.717, 1.165) is 31.1 Å². The Balaban J connectivity index is 1.91. The minimum absolute atomic E-state index is 0.113. The molecular weight excluding hydrogens is 294 g/mol. The lowest BCUT2D eigenvalue weighted by Gasteiger charge is -2.26. The molecule has 0 radical (unpaired) electrons. The number of amides is 1. The number of rotatable bonds is 4. The first kappa shape index (κ1) is 15.6.